The van der Waals surface area contributed by atoms with Crippen LogP contribution in [0.2, 0.25) is 0 Å². The quantitative estimate of drug-likeness (QED) is 0.143. The zero-order valence-electron chi connectivity index (χ0n) is 39.9. The number of nitrogens with zero attached hydrogens (tertiary/aromatic N) is 4. The first-order valence-corrected chi connectivity index (χ1v) is 25.3. The normalized spacial score (nSPS) is 13.9. The second-order valence-electron chi connectivity index (χ2n) is 19.1. The lowest BCUT2D eigenvalue weighted by molar-refractivity contribution is 0.828. The van der Waals surface area contributed by atoms with E-state index < -0.39 is 0 Å². The van der Waals surface area contributed by atoms with Crippen molar-refractivity contribution in [2.75, 3.05) is 9.80 Å². The van der Waals surface area contributed by atoms with Crippen LogP contribution < -0.4 is 9.80 Å². The van der Waals surface area contributed by atoms with Gasteiger partial charge in [-0.15, -0.1) is 0 Å². The molecule has 2 aliphatic carbocycles. The maximum atomic E-state index is 2.52. The minimum Gasteiger partial charge on any atom is -0.314 e. The fourth-order valence-electron chi connectivity index (χ4n) is 11.8. The predicted octanol–water partition coefficient (Wildman–Crippen LogP) is 18.4. The van der Waals surface area contributed by atoms with Gasteiger partial charge >= 0.3 is 0 Å². The van der Waals surface area contributed by atoms with Gasteiger partial charge in [-0.05, 0) is 145 Å². The van der Waals surface area contributed by atoms with Crippen LogP contribution in [0.25, 0.3) is 76.5 Å². The van der Waals surface area contributed by atoms with E-state index in [0.717, 1.165) is 25.7 Å². The molecule has 0 N–H and O–H groups in total. The minimum atomic E-state index is 0.922. The average Bonchev–Trinajstić information content (AvgIpc) is 3.96. The molecule has 2 heterocycles. The first kappa shape index (κ1) is 41.8. The highest BCUT2D eigenvalue weighted by Crippen LogP contribution is 2.45. The van der Waals surface area contributed by atoms with E-state index in [1.54, 1.807) is 0 Å². The summed E-state index contributed by atoms with van der Waals surface area (Å²) in [7, 11) is 0. The Morgan fingerprint density at radius 2 is 0.653 bits per heavy atom. The number of aromatic nitrogens is 2. The summed E-state index contributed by atoms with van der Waals surface area (Å²) in [6.07, 6.45) is 13.4. The van der Waals surface area contributed by atoms with Crippen molar-refractivity contribution in [3.05, 3.63) is 277 Å². The molecule has 0 saturated heterocycles. The number of anilines is 4. The standard InChI is InChI=1S/C68H50N4/c1-3-21-51(22-4-1)71-65-29-13-11-27-59(65)61-45-55(41-43-67(61)71)69(63-31-15-19-49-17-7-9-25-57(49)63)53-37-33-47(34-38-53)48-35-39-54(40-36-48)70(64-32-16-20-50-18-8-10-26-58(50)64)56-42-44-68-62(46-56)60-28-12-14-30-66(60)72(68)52-23-5-2-6-24-52/h1-33,35,37,39,41-46H,34,36,38,40H2. The number of allylic oxidation sites excluding steroid dienone is 8. The van der Waals surface area contributed by atoms with E-state index in [2.05, 4.69) is 274 Å². The van der Waals surface area contributed by atoms with Gasteiger partial charge in [-0.25, -0.2) is 0 Å². The molecule has 72 heavy (non-hydrogen) atoms. The van der Waals surface area contributed by atoms with Gasteiger partial charge in [-0.1, -0.05) is 158 Å². The van der Waals surface area contributed by atoms with E-state index in [1.807, 2.05) is 0 Å². The minimum absolute atomic E-state index is 0.922. The zero-order chi connectivity index (χ0) is 47.5. The molecular formula is C68H50N4. The van der Waals surface area contributed by atoms with Gasteiger partial charge in [-0.3, -0.25) is 0 Å². The van der Waals surface area contributed by atoms with Gasteiger partial charge in [0.2, 0.25) is 0 Å². The Kier molecular flexibility index (Phi) is 10.1. The number of para-hydroxylation sites is 4. The van der Waals surface area contributed by atoms with Crippen LogP contribution in [-0.2, 0) is 0 Å². The second kappa shape index (κ2) is 17.4. The smallest absolute Gasteiger partial charge is 0.0542 e. The summed E-state index contributed by atoms with van der Waals surface area (Å²) < 4.78 is 4.80. The van der Waals surface area contributed by atoms with Crippen LogP contribution in [0, 0.1) is 0 Å². The summed E-state index contributed by atoms with van der Waals surface area (Å²) in [5.41, 5.74) is 17.3. The lowest BCUT2D eigenvalue weighted by Gasteiger charge is -2.33. The van der Waals surface area contributed by atoms with Crippen LogP contribution in [0.4, 0.5) is 22.7 Å². The molecule has 4 nitrogen and oxygen atoms in total. The van der Waals surface area contributed by atoms with Crippen LogP contribution in [0.1, 0.15) is 25.7 Å². The molecule has 0 unspecified atom stereocenters. The van der Waals surface area contributed by atoms with Crippen LogP contribution in [0.3, 0.4) is 0 Å². The van der Waals surface area contributed by atoms with Gasteiger partial charge in [0.05, 0.1) is 33.4 Å². The summed E-state index contributed by atoms with van der Waals surface area (Å²) in [6, 6.07) is 84.2. The van der Waals surface area contributed by atoms with E-state index in [1.165, 1.54) is 122 Å². The highest BCUT2D eigenvalue weighted by atomic mass is 15.2. The summed E-state index contributed by atoms with van der Waals surface area (Å²) >= 11 is 0. The summed E-state index contributed by atoms with van der Waals surface area (Å²) in [5, 5.41) is 9.96. The molecule has 0 saturated carbocycles. The lowest BCUT2D eigenvalue weighted by atomic mass is 9.89. The first-order chi connectivity index (χ1) is 35.7. The third-order valence-electron chi connectivity index (χ3n) is 15.1. The van der Waals surface area contributed by atoms with Gasteiger partial charge in [-0.2, -0.15) is 0 Å². The zero-order valence-corrected chi connectivity index (χ0v) is 39.9. The Bertz CT molecular complexity index is 3940. The van der Waals surface area contributed by atoms with Gasteiger partial charge in [0.15, 0.2) is 0 Å². The van der Waals surface area contributed by atoms with Crippen LogP contribution in [-0.4, -0.2) is 9.13 Å². The van der Waals surface area contributed by atoms with Gasteiger partial charge in [0, 0.05) is 66.5 Å². The van der Waals surface area contributed by atoms with E-state index in [9.17, 15) is 0 Å². The second-order valence-corrected chi connectivity index (χ2v) is 19.1. The van der Waals surface area contributed by atoms with E-state index in [4.69, 9.17) is 0 Å². The van der Waals surface area contributed by atoms with E-state index in [0.29, 0.717) is 0 Å². The first-order valence-electron chi connectivity index (χ1n) is 25.3. The average molecular weight is 923 g/mol. The maximum absolute atomic E-state index is 2.52. The number of fused-ring (bicyclic) bond motifs is 8. The molecule has 0 aliphatic heterocycles. The topological polar surface area (TPSA) is 16.3 Å². The van der Waals surface area contributed by atoms with Crippen molar-refractivity contribution in [3.8, 4) is 11.4 Å². The summed E-state index contributed by atoms with van der Waals surface area (Å²) in [6.45, 7) is 0. The number of hydrogen-bond acceptors (Lipinski definition) is 2. The van der Waals surface area contributed by atoms with Crippen LogP contribution in [0.5, 0.6) is 0 Å². The Morgan fingerprint density at radius 1 is 0.278 bits per heavy atom. The highest BCUT2D eigenvalue weighted by molar-refractivity contribution is 6.12. The Morgan fingerprint density at radius 3 is 1.08 bits per heavy atom. The summed E-state index contributed by atoms with van der Waals surface area (Å²) in [5.74, 6) is 0. The number of rotatable bonds is 9. The molecule has 0 fully saturated rings. The Hall–Kier alpha value is -9.12. The van der Waals surface area contributed by atoms with Crippen molar-refractivity contribution in [2.45, 2.75) is 25.7 Å². The number of benzene rings is 10. The molecule has 0 bridgehead atoms. The SMILES string of the molecule is C1=C(C2=CC=C(N(c3ccc4c(c3)c3ccccc3n4-c3ccccc3)c3cccc4ccccc34)CC2)CCC(N(c2ccc3c(c2)c2ccccc2n3-c2ccccc2)c2cccc3ccccc23)=C1. The molecular weight excluding hydrogens is 873 g/mol. The van der Waals surface area contributed by atoms with Crippen molar-refractivity contribution < 1.29 is 0 Å². The van der Waals surface area contributed by atoms with Crippen molar-refractivity contribution in [2.24, 2.45) is 0 Å². The molecule has 0 spiro atoms. The fraction of sp³-hybridized carbons (Fsp3) is 0.0588. The van der Waals surface area contributed by atoms with Gasteiger partial charge in [0.25, 0.3) is 0 Å². The van der Waals surface area contributed by atoms with Crippen molar-refractivity contribution >= 4 is 87.9 Å². The lowest BCUT2D eigenvalue weighted by Crippen LogP contribution is -2.20. The van der Waals surface area contributed by atoms with E-state index in [-0.39, 0.29) is 0 Å². The summed E-state index contributed by atoms with van der Waals surface area (Å²) in [4.78, 5) is 5.04. The maximum Gasteiger partial charge on any atom is 0.0542 e. The monoisotopic (exact) mass is 922 g/mol. The van der Waals surface area contributed by atoms with Crippen molar-refractivity contribution in [3.63, 3.8) is 0 Å². The van der Waals surface area contributed by atoms with Crippen molar-refractivity contribution in [1.29, 1.82) is 0 Å². The molecule has 2 aliphatic rings. The van der Waals surface area contributed by atoms with Crippen LogP contribution in [0.15, 0.2) is 277 Å². The Balaban J connectivity index is 0.862. The number of hydrogen-bond donors (Lipinski definition) is 0. The molecule has 12 aromatic rings. The predicted molar refractivity (Wildman–Crippen MR) is 305 cm³/mol. The molecule has 342 valence electrons. The largest absolute Gasteiger partial charge is 0.314 e. The van der Waals surface area contributed by atoms with Crippen LogP contribution >= 0.6 is 0 Å². The molecule has 0 radical (unpaired) electrons. The van der Waals surface area contributed by atoms with E-state index >= 15 is 0 Å². The van der Waals surface area contributed by atoms with Gasteiger partial charge < -0.3 is 18.9 Å². The highest BCUT2D eigenvalue weighted by Gasteiger charge is 2.25. The third-order valence-corrected chi connectivity index (χ3v) is 15.1. The molecule has 0 amide bonds. The molecule has 2 aromatic heterocycles. The fourth-order valence-corrected chi connectivity index (χ4v) is 11.8. The van der Waals surface area contributed by atoms with Crippen molar-refractivity contribution in [1.82, 2.24) is 9.13 Å². The Labute approximate surface area is 419 Å². The molecule has 10 aromatic carbocycles. The molecule has 0 atom stereocenters. The van der Waals surface area contributed by atoms with Gasteiger partial charge in [0.1, 0.15) is 0 Å². The molecule has 14 rings (SSSR count). The molecule has 4 heteroatoms. The third kappa shape index (κ3) is 6.98.